The lowest BCUT2D eigenvalue weighted by Gasteiger charge is -2.11. The molecule has 1 heterocycles. The molecule has 2 aromatic carbocycles. The summed E-state index contributed by atoms with van der Waals surface area (Å²) in [5.74, 6) is 0.845. The van der Waals surface area contributed by atoms with Crippen molar-refractivity contribution >= 4 is 28.5 Å². The maximum atomic E-state index is 12.2. The number of methoxy groups -OCH3 is 1. The Hall–Kier alpha value is -3.12. The van der Waals surface area contributed by atoms with E-state index in [2.05, 4.69) is 22.4 Å². The van der Waals surface area contributed by atoms with Crippen LogP contribution in [0, 0.1) is 0 Å². The Labute approximate surface area is 168 Å². The number of hydrogen-bond donors (Lipinski definition) is 1. The average Bonchev–Trinajstić information content (AvgIpc) is 3.14. The van der Waals surface area contributed by atoms with E-state index in [0.717, 1.165) is 16.9 Å². The summed E-state index contributed by atoms with van der Waals surface area (Å²) < 4.78 is 11.0. The molecule has 0 radical (unpaired) electrons. The lowest BCUT2D eigenvalue weighted by atomic mass is 10.1. The molecule has 0 aliphatic rings. The molecule has 1 aromatic heterocycles. The first-order valence-corrected chi connectivity index (χ1v) is 9.71. The second-order valence-electron chi connectivity index (χ2n) is 6.04. The van der Waals surface area contributed by atoms with Crippen molar-refractivity contribution < 1.29 is 14.3 Å². The van der Waals surface area contributed by atoms with E-state index >= 15 is 0 Å². The number of thiazole rings is 1. The Morgan fingerprint density at radius 2 is 2.00 bits per heavy atom. The van der Waals surface area contributed by atoms with Crippen molar-refractivity contribution in [2.75, 3.05) is 19.0 Å². The summed E-state index contributed by atoms with van der Waals surface area (Å²) in [6.07, 6.45) is 6.50. The minimum Gasteiger partial charge on any atom is -0.493 e. The molecule has 1 N–H and O–H groups in total. The van der Waals surface area contributed by atoms with Crippen LogP contribution in [-0.2, 0) is 11.2 Å². The zero-order valence-electron chi connectivity index (χ0n) is 15.8. The Morgan fingerprint density at radius 3 is 2.75 bits per heavy atom. The van der Waals surface area contributed by atoms with E-state index in [0.29, 0.717) is 16.6 Å². The number of ether oxygens (including phenoxy) is 2. The zero-order valence-corrected chi connectivity index (χ0v) is 16.7. The largest absolute Gasteiger partial charge is 0.493 e. The number of nitrogens with one attached hydrogen (secondary N) is 1. The van der Waals surface area contributed by atoms with Crippen molar-refractivity contribution in [2.45, 2.75) is 13.3 Å². The van der Waals surface area contributed by atoms with Crippen LogP contribution in [0.4, 0.5) is 5.13 Å². The van der Waals surface area contributed by atoms with Crippen molar-refractivity contribution in [3.05, 3.63) is 76.8 Å². The highest BCUT2D eigenvalue weighted by atomic mass is 32.1. The monoisotopic (exact) mass is 394 g/mol. The normalized spacial score (nSPS) is 10.8. The molecule has 1 amide bonds. The van der Waals surface area contributed by atoms with Crippen LogP contribution in [0.15, 0.2) is 60.8 Å². The fraction of sp³-hybridized carbons (Fsp3) is 0.182. The number of carbonyl (C=O) groups is 1. The van der Waals surface area contributed by atoms with Crippen LogP contribution in [0.5, 0.6) is 11.5 Å². The first-order valence-electron chi connectivity index (χ1n) is 8.90. The number of benzene rings is 2. The molecule has 0 atom stereocenters. The number of anilines is 1. The van der Waals surface area contributed by atoms with E-state index in [9.17, 15) is 4.79 Å². The highest BCUT2D eigenvalue weighted by Gasteiger charge is 2.10. The van der Waals surface area contributed by atoms with Gasteiger partial charge < -0.3 is 9.47 Å². The predicted molar refractivity (Wildman–Crippen MR) is 113 cm³/mol. The molecule has 28 heavy (non-hydrogen) atoms. The zero-order chi connectivity index (χ0) is 19.8. The van der Waals surface area contributed by atoms with Crippen LogP contribution in [-0.4, -0.2) is 24.6 Å². The molecule has 3 aromatic rings. The second kappa shape index (κ2) is 9.71. The number of aromatic nitrogens is 1. The highest BCUT2D eigenvalue weighted by Crippen LogP contribution is 2.28. The molecule has 0 aliphatic carbocycles. The van der Waals surface area contributed by atoms with E-state index in [4.69, 9.17) is 9.47 Å². The van der Waals surface area contributed by atoms with Crippen LogP contribution in [0.25, 0.3) is 6.08 Å². The lowest BCUT2D eigenvalue weighted by molar-refractivity contribution is -0.118. The van der Waals surface area contributed by atoms with Gasteiger partial charge in [-0.2, -0.15) is 0 Å². The van der Waals surface area contributed by atoms with E-state index < -0.39 is 0 Å². The summed E-state index contributed by atoms with van der Waals surface area (Å²) in [6, 6.07) is 15.7. The molecule has 0 bridgehead atoms. The Balaban J connectivity index is 1.55. The number of amides is 1. The van der Waals surface area contributed by atoms with Gasteiger partial charge in [0.1, 0.15) is 0 Å². The standard InChI is InChI=1S/C22H22N2O3S/c1-3-7-16-10-11-19(20(13-16)26-2)27-15-21(25)24-22-23-14-18(28-22)12-17-8-5-4-6-9-17/h3-11,13-14H,12,15H2,1-2H3,(H,23,24,25)/b7-3+. The second-order valence-corrected chi connectivity index (χ2v) is 7.16. The Bertz CT molecular complexity index is 951. The quantitative estimate of drug-likeness (QED) is 0.597. The summed E-state index contributed by atoms with van der Waals surface area (Å²) in [4.78, 5) is 17.6. The van der Waals surface area contributed by atoms with E-state index in [1.54, 1.807) is 19.4 Å². The van der Waals surface area contributed by atoms with Gasteiger partial charge in [0.2, 0.25) is 0 Å². The lowest BCUT2D eigenvalue weighted by Crippen LogP contribution is -2.20. The molecular weight excluding hydrogens is 372 g/mol. The number of allylic oxidation sites excluding steroid dienone is 1. The van der Waals surface area contributed by atoms with Crippen LogP contribution >= 0.6 is 11.3 Å². The minimum absolute atomic E-state index is 0.118. The van der Waals surface area contributed by atoms with Crippen molar-refractivity contribution in [1.29, 1.82) is 0 Å². The van der Waals surface area contributed by atoms with Gasteiger partial charge in [0, 0.05) is 17.5 Å². The van der Waals surface area contributed by atoms with Gasteiger partial charge in [0.05, 0.1) is 7.11 Å². The van der Waals surface area contributed by atoms with Crippen LogP contribution < -0.4 is 14.8 Å². The Kier molecular flexibility index (Phi) is 6.81. The number of rotatable bonds is 8. The third-order valence-corrected chi connectivity index (χ3v) is 4.84. The van der Waals surface area contributed by atoms with E-state index in [1.165, 1.54) is 16.9 Å². The van der Waals surface area contributed by atoms with Gasteiger partial charge >= 0.3 is 0 Å². The van der Waals surface area contributed by atoms with Crippen LogP contribution in [0.1, 0.15) is 22.9 Å². The summed E-state index contributed by atoms with van der Waals surface area (Å²) in [6.45, 7) is 1.83. The van der Waals surface area contributed by atoms with Gasteiger partial charge in [-0.25, -0.2) is 4.98 Å². The maximum absolute atomic E-state index is 12.2. The summed E-state index contributed by atoms with van der Waals surface area (Å²) >= 11 is 1.46. The third kappa shape index (κ3) is 5.44. The molecular formula is C22H22N2O3S. The fourth-order valence-electron chi connectivity index (χ4n) is 2.64. The van der Waals surface area contributed by atoms with Gasteiger partial charge in [0.15, 0.2) is 23.2 Å². The van der Waals surface area contributed by atoms with Gasteiger partial charge in [-0.05, 0) is 30.2 Å². The average molecular weight is 394 g/mol. The number of carbonyl (C=O) groups excluding carboxylic acids is 1. The molecule has 3 rings (SSSR count). The summed E-state index contributed by atoms with van der Waals surface area (Å²) in [5, 5.41) is 3.34. The SMILES string of the molecule is C/C=C/c1ccc(OCC(=O)Nc2ncc(Cc3ccccc3)s2)c(OC)c1. The van der Waals surface area contributed by atoms with Gasteiger partial charge in [-0.15, -0.1) is 11.3 Å². The van der Waals surface area contributed by atoms with Crippen LogP contribution in [0.2, 0.25) is 0 Å². The molecule has 0 fully saturated rings. The van der Waals surface area contributed by atoms with Crippen molar-refractivity contribution in [3.8, 4) is 11.5 Å². The summed E-state index contributed by atoms with van der Waals surface area (Å²) in [5.41, 5.74) is 2.21. The van der Waals surface area contributed by atoms with E-state index in [-0.39, 0.29) is 12.5 Å². The first-order chi connectivity index (χ1) is 13.7. The van der Waals surface area contributed by atoms with Crippen molar-refractivity contribution in [3.63, 3.8) is 0 Å². The molecule has 144 valence electrons. The number of hydrogen-bond acceptors (Lipinski definition) is 5. The Morgan fingerprint density at radius 1 is 1.18 bits per heavy atom. The van der Waals surface area contributed by atoms with Crippen LogP contribution in [0.3, 0.4) is 0 Å². The smallest absolute Gasteiger partial charge is 0.264 e. The molecule has 0 aliphatic heterocycles. The van der Waals surface area contributed by atoms with Gasteiger partial charge in [-0.3, -0.25) is 10.1 Å². The first kappa shape index (κ1) is 19.6. The number of nitrogens with zero attached hydrogens (tertiary/aromatic N) is 1. The predicted octanol–water partition coefficient (Wildman–Crippen LogP) is 4.79. The molecule has 0 saturated carbocycles. The summed E-state index contributed by atoms with van der Waals surface area (Å²) in [7, 11) is 1.57. The molecule has 0 unspecified atom stereocenters. The third-order valence-electron chi connectivity index (χ3n) is 3.93. The molecule has 0 spiro atoms. The highest BCUT2D eigenvalue weighted by molar-refractivity contribution is 7.15. The van der Waals surface area contributed by atoms with Crippen molar-refractivity contribution in [2.24, 2.45) is 0 Å². The maximum Gasteiger partial charge on any atom is 0.264 e. The topological polar surface area (TPSA) is 60.5 Å². The molecule has 5 nitrogen and oxygen atoms in total. The van der Waals surface area contributed by atoms with Gasteiger partial charge in [-0.1, -0.05) is 48.6 Å². The molecule has 0 saturated heterocycles. The van der Waals surface area contributed by atoms with Crippen molar-refractivity contribution in [1.82, 2.24) is 4.98 Å². The van der Waals surface area contributed by atoms with E-state index in [1.807, 2.05) is 49.4 Å². The fourth-order valence-corrected chi connectivity index (χ4v) is 3.51. The van der Waals surface area contributed by atoms with Gasteiger partial charge in [0.25, 0.3) is 5.91 Å². The molecule has 6 heteroatoms. The minimum atomic E-state index is -0.264.